The number of amides is 1. The third-order valence-electron chi connectivity index (χ3n) is 3.81. The molecular weight excluding hydrogens is 345 g/mol. The number of guanidine groups is 1. The summed E-state index contributed by atoms with van der Waals surface area (Å²) in [6.45, 7) is 1.39. The Kier molecular flexibility index (Phi) is 5.11. The van der Waals surface area contributed by atoms with E-state index in [0.717, 1.165) is 12.1 Å². The van der Waals surface area contributed by atoms with Crippen LogP contribution in [0, 0.1) is 6.07 Å². The van der Waals surface area contributed by atoms with Crippen LogP contribution in [0.15, 0.2) is 41.4 Å². The van der Waals surface area contributed by atoms with Crippen molar-refractivity contribution in [2.45, 2.75) is 12.7 Å². The maximum Gasteiger partial charge on any atom is 0.416 e. The topological polar surface area (TPSA) is 65.5 Å². The van der Waals surface area contributed by atoms with Crippen LogP contribution in [0.2, 0.25) is 0 Å². The number of halogens is 3. The van der Waals surface area contributed by atoms with Crippen LogP contribution in [0.25, 0.3) is 11.1 Å². The number of alkyl halides is 3. The molecule has 8 heteroatoms. The van der Waals surface area contributed by atoms with Gasteiger partial charge in [-0.3, -0.25) is 9.79 Å². The number of rotatable bonds is 5. The van der Waals surface area contributed by atoms with Gasteiger partial charge in [0.25, 0.3) is 0 Å². The van der Waals surface area contributed by atoms with Crippen LogP contribution in [0.1, 0.15) is 11.1 Å². The quantitative estimate of drug-likeness (QED) is 0.718. The number of carbonyl (C=O) groups excluding carboxylic acids is 1. The summed E-state index contributed by atoms with van der Waals surface area (Å²) in [7, 11) is 0. The molecule has 1 amide bonds. The predicted molar refractivity (Wildman–Crippen MR) is 92.5 cm³/mol. The Bertz CT molecular complexity index is 833. The smallest absolute Gasteiger partial charge is 0.355 e. The van der Waals surface area contributed by atoms with Crippen molar-refractivity contribution in [1.29, 1.82) is 0 Å². The number of anilines is 1. The van der Waals surface area contributed by atoms with E-state index in [1.54, 1.807) is 24.3 Å². The maximum absolute atomic E-state index is 13.3. The number of nitrogens with one attached hydrogen (secondary N) is 3. The lowest BCUT2D eigenvalue weighted by molar-refractivity contribution is -0.137. The summed E-state index contributed by atoms with van der Waals surface area (Å²) in [5.41, 5.74) is 1.05. The first-order valence-corrected chi connectivity index (χ1v) is 7.92. The standard InChI is InChI=1S/C18H16F3N4O/c19-18(20,21)14-7-13(8-15(9-14)25-17-23-5-6-24-17)16-4-2-1-3-12(16)10-22-11-26/h1-2,4,7-9,11H,5-6,10H2,(H,22,26)(H2,23,24,25). The van der Waals surface area contributed by atoms with E-state index in [4.69, 9.17) is 0 Å². The maximum atomic E-state index is 13.3. The zero-order chi connectivity index (χ0) is 18.6. The normalized spacial score (nSPS) is 13.7. The van der Waals surface area contributed by atoms with E-state index in [-0.39, 0.29) is 12.2 Å². The van der Waals surface area contributed by atoms with E-state index in [1.807, 2.05) is 0 Å². The fraction of sp³-hybridized carbons (Fsp3) is 0.222. The summed E-state index contributed by atoms with van der Waals surface area (Å²) >= 11 is 0. The largest absolute Gasteiger partial charge is 0.416 e. The first-order chi connectivity index (χ1) is 12.5. The molecule has 3 rings (SSSR count). The van der Waals surface area contributed by atoms with Crippen LogP contribution in [0.5, 0.6) is 0 Å². The van der Waals surface area contributed by atoms with Crippen LogP contribution in [0.4, 0.5) is 18.9 Å². The molecular formula is C18H16F3N4O. The molecule has 0 fully saturated rings. The molecule has 2 aromatic carbocycles. The lowest BCUT2D eigenvalue weighted by Gasteiger charge is -2.15. The van der Waals surface area contributed by atoms with Gasteiger partial charge in [0.1, 0.15) is 0 Å². The molecule has 0 aliphatic carbocycles. The van der Waals surface area contributed by atoms with Gasteiger partial charge in [-0.1, -0.05) is 18.2 Å². The van der Waals surface area contributed by atoms with Gasteiger partial charge in [0.15, 0.2) is 5.96 Å². The monoisotopic (exact) mass is 361 g/mol. The molecule has 0 aromatic heterocycles. The number of hydrogen-bond donors (Lipinski definition) is 3. The molecule has 2 aromatic rings. The number of nitrogens with zero attached hydrogens (tertiary/aromatic N) is 1. The van der Waals surface area contributed by atoms with Gasteiger partial charge in [0.2, 0.25) is 6.41 Å². The van der Waals surface area contributed by atoms with E-state index in [2.05, 4.69) is 27.0 Å². The molecule has 1 heterocycles. The van der Waals surface area contributed by atoms with Gasteiger partial charge in [0.05, 0.1) is 12.1 Å². The molecule has 1 aliphatic heterocycles. The van der Waals surface area contributed by atoms with Gasteiger partial charge in [0, 0.05) is 18.8 Å². The highest BCUT2D eigenvalue weighted by Crippen LogP contribution is 2.35. The highest BCUT2D eigenvalue weighted by Gasteiger charge is 2.31. The third kappa shape index (κ3) is 4.14. The minimum absolute atomic E-state index is 0.174. The van der Waals surface area contributed by atoms with Crippen molar-refractivity contribution in [3.05, 3.63) is 53.6 Å². The number of hydrogen-bond acceptors (Lipinski definition) is 4. The molecule has 0 atom stereocenters. The second-order valence-corrected chi connectivity index (χ2v) is 5.64. The fourth-order valence-electron chi connectivity index (χ4n) is 2.67. The van der Waals surface area contributed by atoms with Gasteiger partial charge in [-0.2, -0.15) is 13.2 Å². The van der Waals surface area contributed by atoms with Crippen LogP contribution in [-0.4, -0.2) is 25.5 Å². The van der Waals surface area contributed by atoms with Gasteiger partial charge < -0.3 is 16.0 Å². The average molecular weight is 361 g/mol. The Morgan fingerprint density at radius 1 is 1.31 bits per heavy atom. The van der Waals surface area contributed by atoms with Gasteiger partial charge >= 0.3 is 6.18 Å². The minimum atomic E-state index is -4.49. The molecule has 1 aliphatic rings. The molecule has 5 nitrogen and oxygen atoms in total. The summed E-state index contributed by atoms with van der Waals surface area (Å²) < 4.78 is 40.0. The summed E-state index contributed by atoms with van der Waals surface area (Å²) in [4.78, 5) is 14.7. The van der Waals surface area contributed by atoms with E-state index in [1.165, 1.54) is 0 Å². The molecule has 3 N–H and O–H groups in total. The Balaban J connectivity index is 2.04. The van der Waals surface area contributed by atoms with Crippen molar-refractivity contribution in [2.24, 2.45) is 4.99 Å². The predicted octanol–water partition coefficient (Wildman–Crippen LogP) is 2.79. The van der Waals surface area contributed by atoms with Crippen molar-refractivity contribution in [3.63, 3.8) is 0 Å². The van der Waals surface area contributed by atoms with Crippen molar-refractivity contribution in [2.75, 3.05) is 18.4 Å². The lowest BCUT2D eigenvalue weighted by atomic mass is 9.97. The van der Waals surface area contributed by atoms with E-state index in [0.29, 0.717) is 42.1 Å². The van der Waals surface area contributed by atoms with Crippen LogP contribution >= 0.6 is 0 Å². The number of carbonyl (C=O) groups is 1. The van der Waals surface area contributed by atoms with E-state index in [9.17, 15) is 18.0 Å². The molecule has 26 heavy (non-hydrogen) atoms. The number of benzene rings is 2. The number of aliphatic imine (C=N–C) groups is 1. The summed E-state index contributed by atoms with van der Waals surface area (Å²) in [6.07, 6.45) is -3.95. The van der Waals surface area contributed by atoms with Gasteiger partial charge in [-0.05, 0) is 41.0 Å². The molecule has 0 bridgehead atoms. The first kappa shape index (κ1) is 17.8. The van der Waals surface area contributed by atoms with Crippen molar-refractivity contribution < 1.29 is 18.0 Å². The third-order valence-corrected chi connectivity index (χ3v) is 3.81. The molecule has 0 saturated heterocycles. The first-order valence-electron chi connectivity index (χ1n) is 7.92. The molecule has 0 saturated carbocycles. The summed E-state index contributed by atoms with van der Waals surface area (Å²) in [5, 5.41) is 8.36. The zero-order valence-corrected chi connectivity index (χ0v) is 13.7. The minimum Gasteiger partial charge on any atom is -0.355 e. The SMILES string of the molecule is O=CNCc1[c]cccc1-c1cc(NC2=NCCN2)cc(C(F)(F)F)c1. The summed E-state index contributed by atoms with van der Waals surface area (Å²) in [6, 6.07) is 11.7. The Hall–Kier alpha value is -3.03. The van der Waals surface area contributed by atoms with Crippen molar-refractivity contribution in [1.82, 2.24) is 10.6 Å². The summed E-state index contributed by atoms with van der Waals surface area (Å²) in [5.74, 6) is 0.442. The highest BCUT2D eigenvalue weighted by molar-refractivity contribution is 5.95. The molecule has 135 valence electrons. The highest BCUT2D eigenvalue weighted by atomic mass is 19.4. The van der Waals surface area contributed by atoms with Crippen molar-refractivity contribution in [3.8, 4) is 11.1 Å². The van der Waals surface area contributed by atoms with Crippen LogP contribution < -0.4 is 16.0 Å². The Labute approximate surface area is 148 Å². The van der Waals surface area contributed by atoms with E-state index >= 15 is 0 Å². The zero-order valence-electron chi connectivity index (χ0n) is 13.7. The second kappa shape index (κ2) is 7.47. The van der Waals surface area contributed by atoms with Crippen LogP contribution in [-0.2, 0) is 17.5 Å². The lowest BCUT2D eigenvalue weighted by Crippen LogP contribution is -2.26. The molecule has 0 unspecified atom stereocenters. The Morgan fingerprint density at radius 2 is 2.15 bits per heavy atom. The van der Waals surface area contributed by atoms with E-state index < -0.39 is 11.7 Å². The van der Waals surface area contributed by atoms with Gasteiger partial charge in [-0.15, -0.1) is 0 Å². The Morgan fingerprint density at radius 3 is 2.85 bits per heavy atom. The van der Waals surface area contributed by atoms with Gasteiger partial charge in [-0.25, -0.2) is 0 Å². The van der Waals surface area contributed by atoms with Crippen LogP contribution in [0.3, 0.4) is 0 Å². The molecule has 1 radical (unpaired) electrons. The second-order valence-electron chi connectivity index (χ2n) is 5.64. The molecule has 0 spiro atoms. The average Bonchev–Trinajstić information content (AvgIpc) is 3.12. The fourth-order valence-corrected chi connectivity index (χ4v) is 2.67. The van der Waals surface area contributed by atoms with Crippen molar-refractivity contribution >= 4 is 18.1 Å².